The Morgan fingerprint density at radius 3 is 3.14 bits per heavy atom. The summed E-state index contributed by atoms with van der Waals surface area (Å²) in [5, 5.41) is 3.96. The van der Waals surface area contributed by atoms with Crippen LogP contribution in [0.3, 0.4) is 0 Å². The number of halogens is 1. The third-order valence-electron chi connectivity index (χ3n) is 3.93. The minimum atomic E-state index is 0.169. The molecule has 112 valence electrons. The molecule has 0 spiro atoms. The van der Waals surface area contributed by atoms with Gasteiger partial charge in [0.05, 0.1) is 17.6 Å². The number of amides is 1. The number of H-pyrrole nitrogens is 1. The van der Waals surface area contributed by atoms with Crippen LogP contribution in [0.2, 0.25) is 5.02 Å². The molecule has 2 heterocycles. The number of imidazole rings is 1. The highest BCUT2D eigenvalue weighted by atomic mass is 35.5. The molecule has 0 radical (unpaired) electrons. The Kier molecular flexibility index (Phi) is 4.12. The molecule has 1 fully saturated rings. The molecule has 1 amide bonds. The van der Waals surface area contributed by atoms with Gasteiger partial charge in [-0.25, -0.2) is 4.98 Å². The van der Waals surface area contributed by atoms with Crippen molar-refractivity contribution < 1.29 is 4.79 Å². The van der Waals surface area contributed by atoms with Gasteiger partial charge in [0.1, 0.15) is 5.82 Å². The van der Waals surface area contributed by atoms with Crippen molar-refractivity contribution in [3.05, 3.63) is 29.0 Å². The fourth-order valence-electron chi connectivity index (χ4n) is 2.71. The number of benzene rings is 1. The standard InChI is InChI=1S/C15H19ClN4O/c1-20(15(21)6-10-4-5-17-8-10)9-14-18-12-3-2-11(16)7-13(12)19-14/h2-3,7,10,17H,4-6,8-9H2,1H3,(H,18,19). The third kappa shape index (κ3) is 3.36. The second-order valence-corrected chi connectivity index (χ2v) is 6.09. The Morgan fingerprint density at radius 2 is 2.38 bits per heavy atom. The van der Waals surface area contributed by atoms with E-state index in [9.17, 15) is 4.79 Å². The normalized spacial score (nSPS) is 18.3. The maximum atomic E-state index is 12.2. The molecule has 1 aliphatic heterocycles. The smallest absolute Gasteiger partial charge is 0.223 e. The van der Waals surface area contributed by atoms with Gasteiger partial charge in [-0.05, 0) is 43.6 Å². The summed E-state index contributed by atoms with van der Waals surface area (Å²) in [4.78, 5) is 21.6. The highest BCUT2D eigenvalue weighted by Gasteiger charge is 2.20. The minimum absolute atomic E-state index is 0.169. The van der Waals surface area contributed by atoms with Crippen LogP contribution in [0.1, 0.15) is 18.7 Å². The number of aromatic nitrogens is 2. The molecular weight excluding hydrogens is 288 g/mol. The van der Waals surface area contributed by atoms with E-state index in [0.29, 0.717) is 23.9 Å². The molecule has 21 heavy (non-hydrogen) atoms. The lowest BCUT2D eigenvalue weighted by Crippen LogP contribution is -2.29. The van der Waals surface area contributed by atoms with E-state index in [4.69, 9.17) is 11.6 Å². The van der Waals surface area contributed by atoms with Crippen LogP contribution in [-0.4, -0.2) is 40.9 Å². The first-order valence-electron chi connectivity index (χ1n) is 7.20. The summed E-state index contributed by atoms with van der Waals surface area (Å²) >= 11 is 5.96. The van der Waals surface area contributed by atoms with Gasteiger partial charge in [0.2, 0.25) is 5.91 Å². The van der Waals surface area contributed by atoms with Crippen LogP contribution in [0.4, 0.5) is 0 Å². The molecule has 2 aromatic rings. The number of hydrogen-bond acceptors (Lipinski definition) is 3. The lowest BCUT2D eigenvalue weighted by atomic mass is 10.0. The van der Waals surface area contributed by atoms with Crippen molar-refractivity contribution >= 4 is 28.5 Å². The summed E-state index contributed by atoms with van der Waals surface area (Å²) in [5.41, 5.74) is 1.77. The largest absolute Gasteiger partial charge is 0.340 e. The zero-order valence-corrected chi connectivity index (χ0v) is 12.8. The van der Waals surface area contributed by atoms with Gasteiger partial charge < -0.3 is 15.2 Å². The first kappa shape index (κ1) is 14.4. The van der Waals surface area contributed by atoms with E-state index in [0.717, 1.165) is 36.4 Å². The number of hydrogen-bond donors (Lipinski definition) is 2. The first-order chi connectivity index (χ1) is 10.1. The zero-order chi connectivity index (χ0) is 14.8. The summed E-state index contributed by atoms with van der Waals surface area (Å²) in [6, 6.07) is 5.54. The highest BCUT2D eigenvalue weighted by Crippen LogP contribution is 2.18. The monoisotopic (exact) mass is 306 g/mol. The van der Waals surface area contributed by atoms with Gasteiger partial charge in [0, 0.05) is 18.5 Å². The van der Waals surface area contributed by atoms with Crippen LogP contribution in [0, 0.1) is 5.92 Å². The molecule has 0 aliphatic carbocycles. The topological polar surface area (TPSA) is 61.0 Å². The van der Waals surface area contributed by atoms with Gasteiger partial charge in [0.15, 0.2) is 0 Å². The van der Waals surface area contributed by atoms with Gasteiger partial charge in [-0.2, -0.15) is 0 Å². The van der Waals surface area contributed by atoms with E-state index in [2.05, 4.69) is 15.3 Å². The Hall–Kier alpha value is -1.59. The van der Waals surface area contributed by atoms with E-state index < -0.39 is 0 Å². The molecule has 1 aliphatic rings. The summed E-state index contributed by atoms with van der Waals surface area (Å²) in [7, 11) is 1.82. The quantitative estimate of drug-likeness (QED) is 0.910. The predicted octanol–water partition coefficient (Wildman–Crippen LogP) is 2.17. The van der Waals surface area contributed by atoms with Crippen LogP contribution in [0.5, 0.6) is 0 Å². The van der Waals surface area contributed by atoms with Crippen LogP contribution < -0.4 is 5.32 Å². The molecule has 0 bridgehead atoms. The van der Waals surface area contributed by atoms with Crippen molar-refractivity contribution in [1.29, 1.82) is 0 Å². The molecule has 0 saturated carbocycles. The maximum Gasteiger partial charge on any atom is 0.223 e. The van der Waals surface area contributed by atoms with E-state index in [-0.39, 0.29) is 5.91 Å². The third-order valence-corrected chi connectivity index (χ3v) is 4.17. The molecule has 1 atom stereocenters. The lowest BCUT2D eigenvalue weighted by molar-refractivity contribution is -0.131. The Labute approximate surface area is 128 Å². The minimum Gasteiger partial charge on any atom is -0.340 e. The number of aromatic amines is 1. The molecule has 5 nitrogen and oxygen atoms in total. The number of rotatable bonds is 4. The van der Waals surface area contributed by atoms with Gasteiger partial charge in [-0.15, -0.1) is 0 Å². The van der Waals surface area contributed by atoms with Gasteiger partial charge >= 0.3 is 0 Å². The van der Waals surface area contributed by atoms with Crippen molar-refractivity contribution in [2.75, 3.05) is 20.1 Å². The van der Waals surface area contributed by atoms with Gasteiger partial charge in [0.25, 0.3) is 0 Å². The van der Waals surface area contributed by atoms with Crippen molar-refractivity contribution in [2.45, 2.75) is 19.4 Å². The average Bonchev–Trinajstić information content (AvgIpc) is 3.07. The van der Waals surface area contributed by atoms with Crippen LogP contribution in [-0.2, 0) is 11.3 Å². The van der Waals surface area contributed by atoms with Crippen LogP contribution in [0.25, 0.3) is 11.0 Å². The van der Waals surface area contributed by atoms with Crippen molar-refractivity contribution in [3.8, 4) is 0 Å². The second-order valence-electron chi connectivity index (χ2n) is 5.66. The summed E-state index contributed by atoms with van der Waals surface area (Å²) in [6.45, 7) is 2.46. The molecular formula is C15H19ClN4O. The van der Waals surface area contributed by atoms with Gasteiger partial charge in [-0.3, -0.25) is 4.79 Å². The SMILES string of the molecule is CN(Cc1nc2ccc(Cl)cc2[nH]1)C(=O)CC1CCNC1. The lowest BCUT2D eigenvalue weighted by Gasteiger charge is -2.17. The molecule has 1 aromatic carbocycles. The highest BCUT2D eigenvalue weighted by molar-refractivity contribution is 6.31. The Bertz CT molecular complexity index is 648. The zero-order valence-electron chi connectivity index (χ0n) is 12.0. The van der Waals surface area contributed by atoms with E-state index in [1.165, 1.54) is 0 Å². The summed E-state index contributed by atoms with van der Waals surface area (Å²) in [5.74, 6) is 1.42. The number of carbonyl (C=O) groups excluding carboxylic acids is 1. The summed E-state index contributed by atoms with van der Waals surface area (Å²) in [6.07, 6.45) is 1.69. The number of carbonyl (C=O) groups is 1. The number of nitrogens with one attached hydrogen (secondary N) is 2. The molecule has 3 rings (SSSR count). The fraction of sp³-hybridized carbons (Fsp3) is 0.467. The fourth-order valence-corrected chi connectivity index (χ4v) is 2.89. The molecule has 1 aromatic heterocycles. The molecule has 2 N–H and O–H groups in total. The van der Waals surface area contributed by atoms with Crippen molar-refractivity contribution in [2.24, 2.45) is 5.92 Å². The Morgan fingerprint density at radius 1 is 1.52 bits per heavy atom. The Balaban J connectivity index is 1.64. The average molecular weight is 307 g/mol. The maximum absolute atomic E-state index is 12.2. The van der Waals surface area contributed by atoms with Gasteiger partial charge in [-0.1, -0.05) is 11.6 Å². The number of nitrogens with zero attached hydrogens (tertiary/aromatic N) is 2. The first-order valence-corrected chi connectivity index (χ1v) is 7.58. The van der Waals surface area contributed by atoms with Crippen LogP contribution in [0.15, 0.2) is 18.2 Å². The molecule has 1 saturated heterocycles. The molecule has 6 heteroatoms. The molecule has 1 unspecified atom stereocenters. The van der Waals surface area contributed by atoms with E-state index in [1.807, 2.05) is 25.2 Å². The van der Waals surface area contributed by atoms with Crippen LogP contribution >= 0.6 is 11.6 Å². The second kappa shape index (κ2) is 6.03. The van der Waals surface area contributed by atoms with Crippen molar-refractivity contribution in [1.82, 2.24) is 20.2 Å². The van der Waals surface area contributed by atoms with Crippen molar-refractivity contribution in [3.63, 3.8) is 0 Å². The number of fused-ring (bicyclic) bond motifs is 1. The summed E-state index contributed by atoms with van der Waals surface area (Å²) < 4.78 is 0. The van der Waals surface area contributed by atoms with E-state index in [1.54, 1.807) is 4.90 Å². The van der Waals surface area contributed by atoms with E-state index >= 15 is 0 Å². The predicted molar refractivity (Wildman–Crippen MR) is 83.2 cm³/mol.